The Balaban J connectivity index is 0.00000484. The number of carbonyl (C=O) groups is 1. The fourth-order valence-corrected chi connectivity index (χ4v) is 2.51. The molecule has 0 bridgehead atoms. The maximum Gasteiger partial charge on any atom is 0.243 e. The van der Waals surface area contributed by atoms with E-state index in [9.17, 15) is 4.79 Å². The molecule has 1 rings (SSSR count). The van der Waals surface area contributed by atoms with E-state index in [4.69, 9.17) is 0 Å². The van der Waals surface area contributed by atoms with Crippen molar-refractivity contribution >= 4 is 47.6 Å². The molecule has 1 amide bonds. The van der Waals surface area contributed by atoms with Crippen LogP contribution in [-0.2, 0) is 4.79 Å². The molecule has 0 spiro atoms. The number of allylic oxidation sites excluding steroid dienone is 1. The van der Waals surface area contributed by atoms with Crippen molar-refractivity contribution in [3.05, 3.63) is 11.6 Å². The molecule has 1 aliphatic rings. The number of hydrogen-bond donors (Lipinski definition) is 2. The second kappa shape index (κ2) is 13.9. The number of nitrogens with zero attached hydrogens (tertiary/aromatic N) is 2. The van der Waals surface area contributed by atoms with Crippen LogP contribution in [0.25, 0.3) is 0 Å². The summed E-state index contributed by atoms with van der Waals surface area (Å²) in [6.45, 7) is 1.91. The van der Waals surface area contributed by atoms with Crippen molar-refractivity contribution in [2.45, 2.75) is 32.1 Å². The van der Waals surface area contributed by atoms with Crippen LogP contribution in [0.5, 0.6) is 0 Å². The molecule has 0 aromatic heterocycles. The molecule has 7 heteroatoms. The Labute approximate surface area is 162 Å². The Morgan fingerprint density at radius 3 is 2.65 bits per heavy atom. The van der Waals surface area contributed by atoms with E-state index in [1.165, 1.54) is 25.7 Å². The first-order valence-electron chi connectivity index (χ1n) is 8.02. The molecular weight excluding hydrogens is 423 g/mol. The molecule has 0 atom stereocenters. The van der Waals surface area contributed by atoms with Gasteiger partial charge < -0.3 is 15.5 Å². The minimum Gasteiger partial charge on any atom is -0.356 e. The van der Waals surface area contributed by atoms with E-state index in [-0.39, 0.29) is 36.4 Å². The molecule has 23 heavy (non-hydrogen) atoms. The minimum atomic E-state index is 0. The van der Waals surface area contributed by atoms with Gasteiger partial charge in [0.25, 0.3) is 0 Å². The van der Waals surface area contributed by atoms with E-state index in [2.05, 4.69) is 28.0 Å². The summed E-state index contributed by atoms with van der Waals surface area (Å²) in [5, 5.41) is 6.62. The number of rotatable bonds is 8. The summed E-state index contributed by atoms with van der Waals surface area (Å²) in [5.74, 6) is 1.77. The number of halogens is 1. The molecule has 0 heterocycles. The molecular formula is C16H31IN4OS. The van der Waals surface area contributed by atoms with Gasteiger partial charge in [0.1, 0.15) is 6.54 Å². The Morgan fingerprint density at radius 2 is 2.04 bits per heavy atom. The standard InChI is InChI=1S/C16H30N4OS.HI/c1-20(2)15(21)13-19-16(18-11-12-22-3)17-10-9-14-7-5-4-6-8-14;/h7H,4-6,8-13H2,1-3H3,(H2,17,18,19);1H. The number of likely N-dealkylation sites (N-methyl/N-ethyl adjacent to an activating group) is 1. The lowest BCUT2D eigenvalue weighted by Gasteiger charge is -2.16. The van der Waals surface area contributed by atoms with Gasteiger partial charge >= 0.3 is 0 Å². The molecule has 134 valence electrons. The van der Waals surface area contributed by atoms with Crippen molar-refractivity contribution in [2.24, 2.45) is 4.99 Å². The highest BCUT2D eigenvalue weighted by atomic mass is 127. The molecule has 0 aromatic carbocycles. The van der Waals surface area contributed by atoms with Crippen LogP contribution in [0.4, 0.5) is 0 Å². The van der Waals surface area contributed by atoms with Crippen molar-refractivity contribution in [1.29, 1.82) is 0 Å². The van der Waals surface area contributed by atoms with E-state index in [1.54, 1.807) is 36.3 Å². The normalized spacial score (nSPS) is 14.6. The molecule has 0 saturated carbocycles. The number of hydrogen-bond acceptors (Lipinski definition) is 3. The summed E-state index contributed by atoms with van der Waals surface area (Å²) in [6, 6.07) is 0. The first-order chi connectivity index (χ1) is 10.6. The topological polar surface area (TPSA) is 56.7 Å². The van der Waals surface area contributed by atoms with E-state index < -0.39 is 0 Å². The van der Waals surface area contributed by atoms with Gasteiger partial charge in [0.2, 0.25) is 5.91 Å². The Bertz CT molecular complexity index is 400. The average molecular weight is 454 g/mol. The third kappa shape index (κ3) is 10.9. The molecule has 0 unspecified atom stereocenters. The highest BCUT2D eigenvalue weighted by Crippen LogP contribution is 2.19. The van der Waals surface area contributed by atoms with Crippen LogP contribution >= 0.6 is 35.7 Å². The third-order valence-electron chi connectivity index (χ3n) is 3.59. The highest BCUT2D eigenvalue weighted by Gasteiger charge is 2.06. The molecule has 0 radical (unpaired) electrons. The second-order valence-electron chi connectivity index (χ2n) is 5.66. The monoisotopic (exact) mass is 454 g/mol. The summed E-state index contributed by atoms with van der Waals surface area (Å²) < 4.78 is 0. The van der Waals surface area contributed by atoms with Crippen molar-refractivity contribution < 1.29 is 4.79 Å². The van der Waals surface area contributed by atoms with Gasteiger partial charge in [0.05, 0.1) is 0 Å². The number of thioether (sulfide) groups is 1. The van der Waals surface area contributed by atoms with Gasteiger partial charge in [-0.2, -0.15) is 11.8 Å². The number of aliphatic imine (C=N–C) groups is 1. The molecule has 0 saturated heterocycles. The summed E-state index contributed by atoms with van der Waals surface area (Å²) in [6.07, 6.45) is 10.6. The smallest absolute Gasteiger partial charge is 0.243 e. The van der Waals surface area contributed by atoms with Gasteiger partial charge in [-0.15, -0.1) is 24.0 Å². The van der Waals surface area contributed by atoms with Gasteiger partial charge in [0.15, 0.2) is 5.96 Å². The first-order valence-corrected chi connectivity index (χ1v) is 9.42. The number of carbonyl (C=O) groups excluding carboxylic acids is 1. The van der Waals surface area contributed by atoms with Gasteiger partial charge in [-0.05, 0) is 38.4 Å². The SMILES string of the molecule is CSCCNC(=NCC(=O)N(C)C)NCCC1=CCCCC1.I. The van der Waals surface area contributed by atoms with E-state index in [0.717, 1.165) is 31.2 Å². The lowest BCUT2D eigenvalue weighted by atomic mass is 9.97. The predicted octanol–water partition coefficient (Wildman–Crippen LogP) is 2.48. The van der Waals surface area contributed by atoms with Crippen molar-refractivity contribution in [3.8, 4) is 0 Å². The summed E-state index contributed by atoms with van der Waals surface area (Å²) in [4.78, 5) is 17.6. The molecule has 0 fully saturated rings. The third-order valence-corrected chi connectivity index (χ3v) is 4.21. The van der Waals surface area contributed by atoms with Crippen LogP contribution in [0.1, 0.15) is 32.1 Å². The van der Waals surface area contributed by atoms with Crippen LogP contribution in [0.2, 0.25) is 0 Å². The number of guanidine groups is 1. The zero-order valence-corrected chi connectivity index (χ0v) is 17.7. The predicted molar refractivity (Wildman–Crippen MR) is 112 cm³/mol. The lowest BCUT2D eigenvalue weighted by molar-refractivity contribution is -0.127. The molecule has 1 aliphatic carbocycles. The zero-order valence-electron chi connectivity index (χ0n) is 14.6. The van der Waals surface area contributed by atoms with Crippen molar-refractivity contribution in [3.63, 3.8) is 0 Å². The van der Waals surface area contributed by atoms with Crippen molar-refractivity contribution in [2.75, 3.05) is 45.7 Å². The summed E-state index contributed by atoms with van der Waals surface area (Å²) in [7, 11) is 3.50. The fraction of sp³-hybridized carbons (Fsp3) is 0.750. The van der Waals surface area contributed by atoms with E-state index in [1.807, 2.05) is 0 Å². The number of nitrogens with one attached hydrogen (secondary N) is 2. The van der Waals surface area contributed by atoms with Gasteiger partial charge in [0, 0.05) is 32.9 Å². The summed E-state index contributed by atoms with van der Waals surface area (Å²) >= 11 is 1.79. The average Bonchev–Trinajstić information content (AvgIpc) is 2.52. The Kier molecular flexibility index (Phi) is 13.7. The van der Waals surface area contributed by atoms with Gasteiger partial charge in [-0.25, -0.2) is 4.99 Å². The molecule has 0 aliphatic heterocycles. The second-order valence-corrected chi connectivity index (χ2v) is 6.64. The molecule has 2 N–H and O–H groups in total. The van der Waals surface area contributed by atoms with E-state index >= 15 is 0 Å². The minimum absolute atomic E-state index is 0. The van der Waals surface area contributed by atoms with Crippen LogP contribution in [0.3, 0.4) is 0 Å². The highest BCUT2D eigenvalue weighted by molar-refractivity contribution is 14.0. The number of amides is 1. The largest absolute Gasteiger partial charge is 0.356 e. The fourth-order valence-electron chi connectivity index (χ4n) is 2.21. The Hall–Kier alpha value is -0.440. The lowest BCUT2D eigenvalue weighted by Crippen LogP contribution is -2.40. The maximum absolute atomic E-state index is 11.6. The van der Waals surface area contributed by atoms with Crippen molar-refractivity contribution in [1.82, 2.24) is 15.5 Å². The van der Waals surface area contributed by atoms with Gasteiger partial charge in [-0.1, -0.05) is 11.6 Å². The molecule has 5 nitrogen and oxygen atoms in total. The van der Waals surface area contributed by atoms with Crippen LogP contribution in [0, 0.1) is 0 Å². The summed E-state index contributed by atoms with van der Waals surface area (Å²) in [5.41, 5.74) is 1.55. The van der Waals surface area contributed by atoms with Crippen LogP contribution in [0.15, 0.2) is 16.6 Å². The van der Waals surface area contributed by atoms with Crippen LogP contribution in [-0.4, -0.2) is 62.5 Å². The quantitative estimate of drug-likeness (QED) is 0.195. The van der Waals surface area contributed by atoms with E-state index in [0.29, 0.717) is 0 Å². The maximum atomic E-state index is 11.6. The molecule has 0 aromatic rings. The van der Waals surface area contributed by atoms with Crippen LogP contribution < -0.4 is 10.6 Å². The zero-order chi connectivity index (χ0) is 16.2. The van der Waals surface area contributed by atoms with Gasteiger partial charge in [-0.3, -0.25) is 4.79 Å². The first kappa shape index (κ1) is 22.6. The Morgan fingerprint density at radius 1 is 1.30 bits per heavy atom.